The maximum absolute atomic E-state index is 9.56. The van der Waals surface area contributed by atoms with Crippen LogP contribution in [0, 0.1) is 0 Å². The van der Waals surface area contributed by atoms with Gasteiger partial charge >= 0.3 is 0 Å². The normalized spacial score (nSPS) is 10.4. The summed E-state index contributed by atoms with van der Waals surface area (Å²) >= 11 is 0. The number of benzene rings is 1. The van der Waals surface area contributed by atoms with Gasteiger partial charge in [0.15, 0.2) is 6.29 Å². The molecule has 0 saturated heterocycles. The SMILES string of the molecule is C=Cc1ccc(OCC(OC)OC)cc1O. The minimum absolute atomic E-state index is 0.138. The zero-order chi connectivity index (χ0) is 12.0. The molecule has 0 aromatic heterocycles. The molecule has 4 heteroatoms. The smallest absolute Gasteiger partial charge is 0.191 e. The van der Waals surface area contributed by atoms with Crippen LogP contribution in [-0.2, 0) is 9.47 Å². The third-order valence-corrected chi connectivity index (χ3v) is 2.13. The van der Waals surface area contributed by atoms with Gasteiger partial charge in [0.2, 0.25) is 0 Å². The van der Waals surface area contributed by atoms with Gasteiger partial charge in [-0.15, -0.1) is 0 Å². The molecular formula is C12H16O4. The zero-order valence-electron chi connectivity index (χ0n) is 9.47. The fourth-order valence-electron chi connectivity index (χ4n) is 1.18. The Labute approximate surface area is 95.1 Å². The molecule has 0 spiro atoms. The summed E-state index contributed by atoms with van der Waals surface area (Å²) in [4.78, 5) is 0. The Balaban J connectivity index is 2.61. The summed E-state index contributed by atoms with van der Waals surface area (Å²) in [6.07, 6.45) is 1.16. The van der Waals surface area contributed by atoms with Gasteiger partial charge in [-0.1, -0.05) is 12.7 Å². The molecule has 88 valence electrons. The largest absolute Gasteiger partial charge is 0.507 e. The van der Waals surface area contributed by atoms with Crippen LogP contribution in [0.5, 0.6) is 11.5 Å². The van der Waals surface area contributed by atoms with Gasteiger partial charge in [0.05, 0.1) is 0 Å². The number of rotatable bonds is 6. The van der Waals surface area contributed by atoms with E-state index in [2.05, 4.69) is 6.58 Å². The van der Waals surface area contributed by atoms with Crippen molar-refractivity contribution < 1.29 is 19.3 Å². The van der Waals surface area contributed by atoms with E-state index < -0.39 is 6.29 Å². The third-order valence-electron chi connectivity index (χ3n) is 2.13. The van der Waals surface area contributed by atoms with Crippen molar-refractivity contribution in [1.82, 2.24) is 0 Å². The Morgan fingerprint density at radius 1 is 1.38 bits per heavy atom. The fourth-order valence-corrected chi connectivity index (χ4v) is 1.18. The Morgan fingerprint density at radius 3 is 2.56 bits per heavy atom. The summed E-state index contributed by atoms with van der Waals surface area (Å²) in [6, 6.07) is 5.00. The van der Waals surface area contributed by atoms with E-state index in [0.717, 1.165) is 0 Å². The third kappa shape index (κ3) is 3.25. The number of phenols is 1. The van der Waals surface area contributed by atoms with E-state index in [4.69, 9.17) is 14.2 Å². The van der Waals surface area contributed by atoms with Crippen molar-refractivity contribution in [1.29, 1.82) is 0 Å². The van der Waals surface area contributed by atoms with Crippen molar-refractivity contribution >= 4 is 6.08 Å². The van der Waals surface area contributed by atoms with E-state index in [-0.39, 0.29) is 12.4 Å². The van der Waals surface area contributed by atoms with Gasteiger partial charge in [-0.2, -0.15) is 0 Å². The standard InChI is InChI=1S/C12H16O4/c1-4-9-5-6-10(7-11(9)13)16-8-12(14-2)15-3/h4-7,12-13H,1,8H2,2-3H3. The van der Waals surface area contributed by atoms with Crippen LogP contribution in [0.25, 0.3) is 6.08 Å². The van der Waals surface area contributed by atoms with Gasteiger partial charge in [-0.3, -0.25) is 0 Å². The molecule has 0 unspecified atom stereocenters. The second kappa shape index (κ2) is 6.15. The van der Waals surface area contributed by atoms with Crippen LogP contribution < -0.4 is 4.74 Å². The molecule has 0 bridgehead atoms. The van der Waals surface area contributed by atoms with Crippen molar-refractivity contribution in [2.45, 2.75) is 6.29 Å². The molecule has 0 aliphatic carbocycles. The topological polar surface area (TPSA) is 47.9 Å². The molecule has 1 aromatic rings. The maximum atomic E-state index is 9.56. The van der Waals surface area contributed by atoms with Crippen molar-refractivity contribution in [3.63, 3.8) is 0 Å². The van der Waals surface area contributed by atoms with E-state index in [0.29, 0.717) is 11.3 Å². The summed E-state index contributed by atoms with van der Waals surface area (Å²) < 4.78 is 15.3. The molecule has 0 atom stereocenters. The van der Waals surface area contributed by atoms with E-state index in [1.165, 1.54) is 20.3 Å². The van der Waals surface area contributed by atoms with E-state index >= 15 is 0 Å². The minimum Gasteiger partial charge on any atom is -0.507 e. The second-order valence-electron chi connectivity index (χ2n) is 3.14. The lowest BCUT2D eigenvalue weighted by Crippen LogP contribution is -2.21. The van der Waals surface area contributed by atoms with Crippen molar-refractivity contribution in [3.05, 3.63) is 30.3 Å². The summed E-state index contributed by atoms with van der Waals surface area (Å²) in [5.41, 5.74) is 0.669. The molecule has 16 heavy (non-hydrogen) atoms. The molecule has 1 rings (SSSR count). The lowest BCUT2D eigenvalue weighted by Gasteiger charge is -2.14. The van der Waals surface area contributed by atoms with Crippen LogP contribution in [-0.4, -0.2) is 32.2 Å². The first-order chi connectivity index (χ1) is 7.71. The highest BCUT2D eigenvalue weighted by molar-refractivity contribution is 5.56. The summed E-state index contributed by atoms with van der Waals surface area (Å²) in [5.74, 6) is 0.695. The quantitative estimate of drug-likeness (QED) is 0.751. The first kappa shape index (κ1) is 12.5. The Kier molecular flexibility index (Phi) is 4.82. The van der Waals surface area contributed by atoms with Gasteiger partial charge in [-0.25, -0.2) is 0 Å². The molecular weight excluding hydrogens is 208 g/mol. The predicted molar refractivity (Wildman–Crippen MR) is 61.5 cm³/mol. The van der Waals surface area contributed by atoms with Crippen LogP contribution >= 0.6 is 0 Å². The van der Waals surface area contributed by atoms with E-state index in [9.17, 15) is 5.11 Å². The van der Waals surface area contributed by atoms with Gasteiger partial charge in [-0.05, 0) is 12.1 Å². The molecule has 0 radical (unpaired) electrons. The molecule has 0 heterocycles. The monoisotopic (exact) mass is 224 g/mol. The number of aromatic hydroxyl groups is 1. The molecule has 1 N–H and O–H groups in total. The summed E-state index contributed by atoms with van der Waals surface area (Å²) in [6.45, 7) is 3.85. The average molecular weight is 224 g/mol. The highest BCUT2D eigenvalue weighted by Gasteiger charge is 2.06. The van der Waals surface area contributed by atoms with Gasteiger partial charge in [0.25, 0.3) is 0 Å². The first-order valence-electron chi connectivity index (χ1n) is 4.85. The highest BCUT2D eigenvalue weighted by Crippen LogP contribution is 2.24. The summed E-state index contributed by atoms with van der Waals surface area (Å²) in [7, 11) is 3.08. The minimum atomic E-state index is -0.416. The van der Waals surface area contributed by atoms with Gasteiger partial charge in [0, 0.05) is 25.8 Å². The maximum Gasteiger partial charge on any atom is 0.191 e. The lowest BCUT2D eigenvalue weighted by atomic mass is 10.2. The first-order valence-corrected chi connectivity index (χ1v) is 4.85. The molecule has 1 aromatic carbocycles. The molecule has 0 aliphatic heterocycles. The molecule has 0 fully saturated rings. The predicted octanol–water partition coefficient (Wildman–Crippen LogP) is 2.03. The fraction of sp³-hybridized carbons (Fsp3) is 0.333. The van der Waals surface area contributed by atoms with E-state index in [1.807, 2.05) is 0 Å². The summed E-state index contributed by atoms with van der Waals surface area (Å²) in [5, 5.41) is 9.56. The molecule has 0 amide bonds. The number of hydrogen-bond donors (Lipinski definition) is 1. The van der Waals surface area contributed by atoms with Crippen LogP contribution in [0.4, 0.5) is 0 Å². The Morgan fingerprint density at radius 2 is 2.06 bits per heavy atom. The zero-order valence-corrected chi connectivity index (χ0v) is 9.47. The van der Waals surface area contributed by atoms with Crippen LogP contribution in [0.15, 0.2) is 24.8 Å². The Hall–Kier alpha value is -1.52. The number of hydrogen-bond acceptors (Lipinski definition) is 4. The molecule has 4 nitrogen and oxygen atoms in total. The molecule has 0 saturated carbocycles. The average Bonchev–Trinajstić information content (AvgIpc) is 2.30. The molecule has 0 aliphatic rings. The van der Waals surface area contributed by atoms with Crippen molar-refractivity contribution in [3.8, 4) is 11.5 Å². The highest BCUT2D eigenvalue weighted by atomic mass is 16.7. The Bertz CT molecular complexity index is 345. The van der Waals surface area contributed by atoms with Crippen molar-refractivity contribution in [2.24, 2.45) is 0 Å². The van der Waals surface area contributed by atoms with Crippen molar-refractivity contribution in [2.75, 3.05) is 20.8 Å². The lowest BCUT2D eigenvalue weighted by molar-refractivity contribution is -0.121. The van der Waals surface area contributed by atoms with Crippen LogP contribution in [0.1, 0.15) is 5.56 Å². The van der Waals surface area contributed by atoms with Crippen LogP contribution in [0.3, 0.4) is 0 Å². The number of ether oxygens (including phenoxy) is 3. The van der Waals surface area contributed by atoms with Gasteiger partial charge in [0.1, 0.15) is 18.1 Å². The van der Waals surface area contributed by atoms with E-state index in [1.54, 1.807) is 18.2 Å². The van der Waals surface area contributed by atoms with Crippen LogP contribution in [0.2, 0.25) is 0 Å². The number of methoxy groups -OCH3 is 2. The second-order valence-corrected chi connectivity index (χ2v) is 3.14. The number of phenolic OH excluding ortho intramolecular Hbond substituents is 1. The van der Waals surface area contributed by atoms with Gasteiger partial charge < -0.3 is 19.3 Å².